The van der Waals surface area contributed by atoms with Crippen LogP contribution in [0.15, 0.2) is 54.6 Å². The third-order valence-corrected chi connectivity index (χ3v) is 4.13. The molecule has 1 aliphatic carbocycles. The molecule has 1 N–H and O–H groups in total. The van der Waals surface area contributed by atoms with Crippen molar-refractivity contribution >= 4 is 11.9 Å². The van der Waals surface area contributed by atoms with Gasteiger partial charge in [0.1, 0.15) is 5.75 Å². The number of amides is 1. The lowest BCUT2D eigenvalue weighted by Gasteiger charge is -2.20. The third-order valence-electron chi connectivity index (χ3n) is 4.13. The van der Waals surface area contributed by atoms with Crippen LogP contribution >= 0.6 is 0 Å². The standard InChI is InChI=1S/C21H20N2O4/c1-14(26-18-11-7-15(13-22)8-12-18)21(25)27-19(16-5-3-2-4-6-16)20(24)23-17-9-10-17/h2-8,11-12,14,17,19H,9-10H2,1H3,(H,23,24)/t14-,19+/m1/s1. The molecule has 138 valence electrons. The molecule has 2 aromatic rings. The minimum atomic E-state index is -1.02. The van der Waals surface area contributed by atoms with Crippen molar-refractivity contribution in [3.63, 3.8) is 0 Å². The Bertz CT molecular complexity index is 839. The topological polar surface area (TPSA) is 88.4 Å². The highest BCUT2D eigenvalue weighted by Gasteiger charge is 2.32. The predicted molar refractivity (Wildman–Crippen MR) is 97.7 cm³/mol. The van der Waals surface area contributed by atoms with Crippen molar-refractivity contribution in [2.24, 2.45) is 0 Å². The monoisotopic (exact) mass is 364 g/mol. The van der Waals surface area contributed by atoms with Crippen LogP contribution in [-0.2, 0) is 14.3 Å². The number of nitriles is 1. The summed E-state index contributed by atoms with van der Waals surface area (Å²) in [5.74, 6) is -0.529. The van der Waals surface area contributed by atoms with E-state index in [0.717, 1.165) is 12.8 Å². The van der Waals surface area contributed by atoms with E-state index in [2.05, 4.69) is 5.32 Å². The van der Waals surface area contributed by atoms with Gasteiger partial charge in [0.25, 0.3) is 5.91 Å². The summed E-state index contributed by atoms with van der Waals surface area (Å²) in [6, 6.07) is 17.5. The molecule has 1 amide bonds. The van der Waals surface area contributed by atoms with E-state index in [-0.39, 0.29) is 11.9 Å². The second-order valence-corrected chi connectivity index (χ2v) is 6.41. The fourth-order valence-corrected chi connectivity index (χ4v) is 2.48. The maximum Gasteiger partial charge on any atom is 0.348 e. The van der Waals surface area contributed by atoms with E-state index in [4.69, 9.17) is 14.7 Å². The Labute approximate surface area is 157 Å². The van der Waals surface area contributed by atoms with E-state index in [1.165, 1.54) is 0 Å². The molecule has 0 spiro atoms. The molecule has 1 saturated carbocycles. The molecule has 1 fully saturated rings. The van der Waals surface area contributed by atoms with Gasteiger partial charge in [-0.3, -0.25) is 4.79 Å². The molecule has 27 heavy (non-hydrogen) atoms. The third kappa shape index (κ3) is 5.08. The van der Waals surface area contributed by atoms with Crippen LogP contribution in [0.2, 0.25) is 0 Å². The molecule has 0 aromatic heterocycles. The van der Waals surface area contributed by atoms with E-state index >= 15 is 0 Å². The highest BCUT2D eigenvalue weighted by molar-refractivity contribution is 5.86. The second kappa shape index (κ2) is 8.37. The summed E-state index contributed by atoms with van der Waals surface area (Å²) in [4.78, 5) is 25.0. The quantitative estimate of drug-likeness (QED) is 0.763. The Morgan fingerprint density at radius 2 is 1.78 bits per heavy atom. The van der Waals surface area contributed by atoms with Crippen molar-refractivity contribution < 1.29 is 19.1 Å². The average molecular weight is 364 g/mol. The van der Waals surface area contributed by atoms with Gasteiger partial charge in [-0.25, -0.2) is 4.79 Å². The first-order valence-corrected chi connectivity index (χ1v) is 8.79. The Kier molecular flexibility index (Phi) is 5.72. The van der Waals surface area contributed by atoms with Gasteiger partial charge in [0.05, 0.1) is 11.6 Å². The van der Waals surface area contributed by atoms with Gasteiger partial charge in [-0.05, 0) is 44.0 Å². The maximum atomic E-state index is 12.5. The summed E-state index contributed by atoms with van der Waals surface area (Å²) >= 11 is 0. The smallest absolute Gasteiger partial charge is 0.348 e. The number of hydrogen-bond acceptors (Lipinski definition) is 5. The van der Waals surface area contributed by atoms with Crippen LogP contribution in [0.5, 0.6) is 5.75 Å². The summed E-state index contributed by atoms with van der Waals surface area (Å²) in [5, 5.41) is 11.7. The fraction of sp³-hybridized carbons (Fsp3) is 0.286. The number of esters is 1. The van der Waals surface area contributed by atoms with Crippen LogP contribution < -0.4 is 10.1 Å². The Balaban J connectivity index is 1.67. The van der Waals surface area contributed by atoms with E-state index in [9.17, 15) is 9.59 Å². The van der Waals surface area contributed by atoms with Crippen LogP contribution in [0.4, 0.5) is 0 Å². The molecular weight excluding hydrogens is 344 g/mol. The van der Waals surface area contributed by atoms with E-state index < -0.39 is 18.2 Å². The molecular formula is C21H20N2O4. The van der Waals surface area contributed by atoms with Gasteiger partial charge >= 0.3 is 5.97 Å². The van der Waals surface area contributed by atoms with Gasteiger partial charge in [-0.2, -0.15) is 5.26 Å². The molecule has 1 aliphatic rings. The van der Waals surface area contributed by atoms with E-state index in [1.807, 2.05) is 12.1 Å². The molecule has 6 nitrogen and oxygen atoms in total. The molecule has 0 unspecified atom stereocenters. The van der Waals surface area contributed by atoms with Gasteiger partial charge in [-0.15, -0.1) is 0 Å². The van der Waals surface area contributed by atoms with Crippen LogP contribution in [0.3, 0.4) is 0 Å². The van der Waals surface area contributed by atoms with Crippen molar-refractivity contribution in [1.29, 1.82) is 5.26 Å². The van der Waals surface area contributed by atoms with Crippen molar-refractivity contribution in [3.8, 4) is 11.8 Å². The number of nitrogens with one attached hydrogen (secondary N) is 1. The molecule has 0 saturated heterocycles. The zero-order valence-corrected chi connectivity index (χ0v) is 14.9. The Morgan fingerprint density at radius 1 is 1.11 bits per heavy atom. The molecule has 0 bridgehead atoms. The molecule has 2 aromatic carbocycles. The molecule has 0 radical (unpaired) electrons. The normalized spacial score (nSPS) is 15.1. The van der Waals surface area contributed by atoms with Gasteiger partial charge < -0.3 is 14.8 Å². The SMILES string of the molecule is C[C@@H](Oc1ccc(C#N)cc1)C(=O)O[C@H](C(=O)NC1CC1)c1ccccc1. The van der Waals surface area contributed by atoms with Gasteiger partial charge in [-0.1, -0.05) is 30.3 Å². The lowest BCUT2D eigenvalue weighted by atomic mass is 10.1. The minimum absolute atomic E-state index is 0.162. The number of ether oxygens (including phenoxy) is 2. The first kappa shape index (κ1) is 18.5. The van der Waals surface area contributed by atoms with Gasteiger partial charge in [0.2, 0.25) is 6.10 Å². The number of carbonyl (C=O) groups is 2. The summed E-state index contributed by atoms with van der Waals surface area (Å²) in [6.07, 6.45) is -0.0390. The van der Waals surface area contributed by atoms with E-state index in [0.29, 0.717) is 16.9 Å². The predicted octanol–water partition coefficient (Wildman–Crippen LogP) is 2.89. The van der Waals surface area contributed by atoms with Crippen molar-refractivity contribution in [2.45, 2.75) is 38.0 Å². The fourth-order valence-electron chi connectivity index (χ4n) is 2.48. The molecule has 3 rings (SSSR count). The highest BCUT2D eigenvalue weighted by Crippen LogP contribution is 2.24. The molecule has 0 heterocycles. The zero-order valence-electron chi connectivity index (χ0n) is 14.9. The molecule has 2 atom stereocenters. The van der Waals surface area contributed by atoms with Crippen molar-refractivity contribution in [1.82, 2.24) is 5.32 Å². The van der Waals surface area contributed by atoms with Crippen LogP contribution in [0.25, 0.3) is 0 Å². The molecule has 6 heteroatoms. The minimum Gasteiger partial charge on any atom is -0.479 e. The lowest BCUT2D eigenvalue weighted by Crippen LogP contribution is -2.36. The van der Waals surface area contributed by atoms with Crippen molar-refractivity contribution in [2.75, 3.05) is 0 Å². The molecule has 0 aliphatic heterocycles. The maximum absolute atomic E-state index is 12.5. The largest absolute Gasteiger partial charge is 0.479 e. The number of rotatable bonds is 7. The first-order chi connectivity index (χ1) is 13.1. The average Bonchev–Trinajstić information content (AvgIpc) is 3.51. The number of hydrogen-bond donors (Lipinski definition) is 1. The van der Waals surface area contributed by atoms with Crippen LogP contribution in [0, 0.1) is 11.3 Å². The second-order valence-electron chi connectivity index (χ2n) is 6.41. The van der Waals surface area contributed by atoms with Crippen LogP contribution in [-0.4, -0.2) is 24.0 Å². The number of benzene rings is 2. The van der Waals surface area contributed by atoms with Crippen LogP contribution in [0.1, 0.15) is 37.0 Å². The van der Waals surface area contributed by atoms with Gasteiger partial charge in [0.15, 0.2) is 6.10 Å². The Hall–Kier alpha value is -3.33. The van der Waals surface area contributed by atoms with Gasteiger partial charge in [0, 0.05) is 11.6 Å². The number of nitrogens with zero attached hydrogens (tertiary/aromatic N) is 1. The summed E-state index contributed by atoms with van der Waals surface area (Å²) in [6.45, 7) is 1.56. The lowest BCUT2D eigenvalue weighted by molar-refractivity contribution is -0.162. The zero-order chi connectivity index (χ0) is 19.2. The first-order valence-electron chi connectivity index (χ1n) is 8.79. The van der Waals surface area contributed by atoms with Crippen molar-refractivity contribution in [3.05, 3.63) is 65.7 Å². The summed E-state index contributed by atoms with van der Waals surface area (Å²) in [5.41, 5.74) is 1.10. The summed E-state index contributed by atoms with van der Waals surface area (Å²) in [7, 11) is 0. The number of carbonyl (C=O) groups excluding carboxylic acids is 2. The Morgan fingerprint density at radius 3 is 2.37 bits per heavy atom. The highest BCUT2D eigenvalue weighted by atomic mass is 16.6. The van der Waals surface area contributed by atoms with E-state index in [1.54, 1.807) is 55.5 Å². The summed E-state index contributed by atoms with van der Waals surface area (Å²) < 4.78 is 11.0.